The second-order valence-corrected chi connectivity index (χ2v) is 7.22. The molecule has 5 nitrogen and oxygen atoms in total. The van der Waals surface area contributed by atoms with Crippen LogP contribution < -0.4 is 0 Å². The van der Waals surface area contributed by atoms with Crippen molar-refractivity contribution >= 4 is 29.5 Å². The lowest BCUT2D eigenvalue weighted by Crippen LogP contribution is -2.13. The van der Waals surface area contributed by atoms with E-state index in [1.54, 1.807) is 0 Å². The zero-order chi connectivity index (χ0) is 15.1. The van der Waals surface area contributed by atoms with Crippen LogP contribution >= 0.6 is 23.5 Å². The molecule has 1 atom stereocenters. The number of carbonyl (C=O) groups is 1. The fourth-order valence-electron chi connectivity index (χ4n) is 1.85. The van der Waals surface area contributed by atoms with Crippen LogP contribution in [0.15, 0.2) is 5.16 Å². The molecule has 0 spiro atoms. The summed E-state index contributed by atoms with van der Waals surface area (Å²) in [5, 5.41) is 17.9. The van der Waals surface area contributed by atoms with Crippen molar-refractivity contribution in [3.8, 4) is 0 Å². The second kappa shape index (κ2) is 8.56. The van der Waals surface area contributed by atoms with E-state index < -0.39 is 5.97 Å². The van der Waals surface area contributed by atoms with Crippen molar-refractivity contribution in [2.45, 2.75) is 51.2 Å². The van der Waals surface area contributed by atoms with Gasteiger partial charge in [0.15, 0.2) is 5.16 Å². The second-order valence-electron chi connectivity index (χ2n) is 4.88. The largest absolute Gasteiger partial charge is 0.481 e. The first-order valence-corrected chi connectivity index (χ1v) is 8.98. The number of carboxylic acid groups (broad SMARTS) is 1. The highest BCUT2D eigenvalue weighted by molar-refractivity contribution is 7.99. The molecule has 0 aliphatic heterocycles. The molecule has 1 rings (SSSR count). The van der Waals surface area contributed by atoms with Crippen molar-refractivity contribution in [2.24, 2.45) is 0 Å². The molecule has 1 N–H and O–H groups in total. The fourth-order valence-corrected chi connectivity index (χ4v) is 3.41. The number of thioether (sulfide) groups is 2. The molecule has 1 heterocycles. The Kier molecular flexibility index (Phi) is 7.43. The maximum Gasteiger partial charge on any atom is 0.313 e. The summed E-state index contributed by atoms with van der Waals surface area (Å²) in [5.41, 5.74) is 0. The molecule has 0 saturated carbocycles. The zero-order valence-electron chi connectivity index (χ0n) is 12.5. The van der Waals surface area contributed by atoms with E-state index in [2.05, 4.69) is 42.5 Å². The first-order valence-electron chi connectivity index (χ1n) is 6.84. The maximum absolute atomic E-state index is 10.7. The van der Waals surface area contributed by atoms with Gasteiger partial charge in [0.1, 0.15) is 5.82 Å². The Morgan fingerprint density at radius 3 is 2.60 bits per heavy atom. The van der Waals surface area contributed by atoms with E-state index in [0.717, 1.165) is 23.8 Å². The van der Waals surface area contributed by atoms with Crippen LogP contribution in [0.25, 0.3) is 0 Å². The molecular formula is C13H23N3O2S2. The Hall–Kier alpha value is -0.690. The van der Waals surface area contributed by atoms with Crippen molar-refractivity contribution in [3.63, 3.8) is 0 Å². The summed E-state index contributed by atoms with van der Waals surface area (Å²) in [4.78, 5) is 10.7. The lowest BCUT2D eigenvalue weighted by Gasteiger charge is -2.19. The monoisotopic (exact) mass is 317 g/mol. The van der Waals surface area contributed by atoms with E-state index in [0.29, 0.717) is 5.16 Å². The smallest absolute Gasteiger partial charge is 0.313 e. The van der Waals surface area contributed by atoms with Gasteiger partial charge in [0.2, 0.25) is 0 Å². The van der Waals surface area contributed by atoms with Crippen LogP contribution in [0.3, 0.4) is 0 Å². The van der Waals surface area contributed by atoms with Crippen LogP contribution in [-0.2, 0) is 4.79 Å². The number of aliphatic carboxylic acids is 1. The normalized spacial score (nSPS) is 12.8. The first kappa shape index (κ1) is 17.4. The molecule has 0 aliphatic carbocycles. The van der Waals surface area contributed by atoms with Gasteiger partial charge in [-0.3, -0.25) is 4.79 Å². The van der Waals surface area contributed by atoms with Gasteiger partial charge in [-0.1, -0.05) is 32.5 Å². The number of nitrogens with zero attached hydrogens (tertiary/aromatic N) is 3. The Bertz CT molecular complexity index is 435. The van der Waals surface area contributed by atoms with Crippen LogP contribution in [-0.4, -0.2) is 43.1 Å². The molecular weight excluding hydrogens is 294 g/mol. The minimum Gasteiger partial charge on any atom is -0.481 e. The number of hydrogen-bond donors (Lipinski definition) is 1. The van der Waals surface area contributed by atoms with Crippen LogP contribution in [0.5, 0.6) is 0 Å². The van der Waals surface area contributed by atoms with Crippen molar-refractivity contribution in [1.82, 2.24) is 14.8 Å². The van der Waals surface area contributed by atoms with Gasteiger partial charge in [-0.15, -0.1) is 10.2 Å². The van der Waals surface area contributed by atoms with E-state index in [-0.39, 0.29) is 17.7 Å². The van der Waals surface area contributed by atoms with Gasteiger partial charge in [0.05, 0.1) is 5.75 Å². The zero-order valence-corrected chi connectivity index (χ0v) is 14.1. The van der Waals surface area contributed by atoms with Crippen LogP contribution in [0.1, 0.15) is 51.9 Å². The van der Waals surface area contributed by atoms with Crippen molar-refractivity contribution in [2.75, 3.05) is 17.3 Å². The highest BCUT2D eigenvalue weighted by atomic mass is 32.2. The Balaban J connectivity index is 2.87. The Morgan fingerprint density at radius 2 is 2.05 bits per heavy atom. The minimum atomic E-state index is -0.829. The summed E-state index contributed by atoms with van der Waals surface area (Å²) in [5.74, 6) is 2.62. The van der Waals surface area contributed by atoms with Crippen molar-refractivity contribution < 1.29 is 9.90 Å². The van der Waals surface area contributed by atoms with Crippen molar-refractivity contribution in [1.29, 1.82) is 0 Å². The van der Waals surface area contributed by atoms with Crippen LogP contribution in [0.4, 0.5) is 0 Å². The van der Waals surface area contributed by atoms with E-state index in [1.807, 2.05) is 11.8 Å². The summed E-state index contributed by atoms with van der Waals surface area (Å²) in [6, 6.07) is 0.290. The minimum absolute atomic E-state index is 0.0205. The van der Waals surface area contributed by atoms with Gasteiger partial charge in [-0.25, -0.2) is 0 Å². The molecule has 0 radical (unpaired) electrons. The summed E-state index contributed by atoms with van der Waals surface area (Å²) in [7, 11) is 0. The quantitative estimate of drug-likeness (QED) is 0.557. The molecule has 1 aromatic heterocycles. The average molecular weight is 317 g/mol. The van der Waals surface area contributed by atoms with E-state index >= 15 is 0 Å². The molecule has 0 aliphatic rings. The van der Waals surface area contributed by atoms with E-state index in [1.165, 1.54) is 11.8 Å². The molecule has 0 amide bonds. The third kappa shape index (κ3) is 5.01. The van der Waals surface area contributed by atoms with Gasteiger partial charge in [0.25, 0.3) is 0 Å². The molecule has 0 bridgehead atoms. The SMILES string of the molecule is CCSCCC(C)n1c(SCC(=O)O)nnc1C(C)C. The number of rotatable bonds is 9. The average Bonchev–Trinajstić information content (AvgIpc) is 2.80. The molecule has 0 saturated heterocycles. The Morgan fingerprint density at radius 1 is 1.35 bits per heavy atom. The molecule has 20 heavy (non-hydrogen) atoms. The molecule has 0 fully saturated rings. The van der Waals surface area contributed by atoms with Crippen LogP contribution in [0.2, 0.25) is 0 Å². The molecule has 7 heteroatoms. The molecule has 1 unspecified atom stereocenters. The predicted molar refractivity (Wildman–Crippen MR) is 84.8 cm³/mol. The molecule has 1 aromatic rings. The third-order valence-corrected chi connectivity index (χ3v) is 4.72. The van der Waals surface area contributed by atoms with Gasteiger partial charge in [-0.05, 0) is 24.9 Å². The van der Waals surface area contributed by atoms with Gasteiger partial charge >= 0.3 is 5.97 Å². The topological polar surface area (TPSA) is 68.0 Å². The maximum atomic E-state index is 10.7. The Labute approximate surface area is 128 Å². The van der Waals surface area contributed by atoms with Gasteiger partial charge in [0, 0.05) is 12.0 Å². The number of carboxylic acids is 1. The fraction of sp³-hybridized carbons (Fsp3) is 0.769. The lowest BCUT2D eigenvalue weighted by atomic mass is 10.2. The summed E-state index contributed by atoms with van der Waals surface area (Å²) >= 11 is 3.16. The first-order chi connectivity index (χ1) is 9.47. The standard InChI is InChI=1S/C13H23N3O2S2/c1-5-19-7-6-10(4)16-12(9(2)3)14-15-13(16)20-8-11(17)18/h9-10H,5-8H2,1-4H3,(H,17,18). The van der Waals surface area contributed by atoms with E-state index in [4.69, 9.17) is 5.11 Å². The number of hydrogen-bond acceptors (Lipinski definition) is 5. The molecule has 0 aromatic carbocycles. The van der Waals surface area contributed by atoms with Gasteiger partial charge in [-0.2, -0.15) is 11.8 Å². The third-order valence-electron chi connectivity index (χ3n) is 2.86. The summed E-state index contributed by atoms with van der Waals surface area (Å²) in [6.07, 6.45) is 1.04. The van der Waals surface area contributed by atoms with Crippen LogP contribution in [0, 0.1) is 0 Å². The van der Waals surface area contributed by atoms with Crippen molar-refractivity contribution in [3.05, 3.63) is 5.82 Å². The highest BCUT2D eigenvalue weighted by Crippen LogP contribution is 2.27. The number of aromatic nitrogens is 3. The predicted octanol–water partition coefficient (Wildman–Crippen LogP) is 3.28. The highest BCUT2D eigenvalue weighted by Gasteiger charge is 2.20. The molecule has 114 valence electrons. The summed E-state index contributed by atoms with van der Waals surface area (Å²) < 4.78 is 2.11. The lowest BCUT2D eigenvalue weighted by molar-refractivity contribution is -0.133. The summed E-state index contributed by atoms with van der Waals surface area (Å²) in [6.45, 7) is 8.47. The van der Waals surface area contributed by atoms with E-state index in [9.17, 15) is 4.79 Å². The van der Waals surface area contributed by atoms with Gasteiger partial charge < -0.3 is 9.67 Å².